The second kappa shape index (κ2) is 7.58. The molecule has 19 heavy (non-hydrogen) atoms. The van der Waals surface area contributed by atoms with Crippen molar-refractivity contribution >= 4 is 17.5 Å². The normalized spacial score (nSPS) is 10.3. The number of carbonyl (C=O) groups excluding carboxylic acids is 1. The topological polar surface area (TPSA) is 77.7 Å². The molecule has 1 rings (SSSR count). The summed E-state index contributed by atoms with van der Waals surface area (Å²) in [5, 5.41) is 0. The van der Waals surface area contributed by atoms with E-state index in [4.69, 9.17) is 15.2 Å². The molecule has 2 N–H and O–H groups in total. The Morgan fingerprint density at radius 1 is 1.53 bits per heavy atom. The molecule has 1 aromatic heterocycles. The van der Waals surface area contributed by atoms with E-state index in [1.807, 2.05) is 11.9 Å². The monoisotopic (exact) mass is 267 g/mol. The lowest BCUT2D eigenvalue weighted by Gasteiger charge is -2.21. The van der Waals surface area contributed by atoms with Crippen LogP contribution in [0.3, 0.4) is 0 Å². The Bertz CT molecular complexity index is 424. The largest absolute Gasteiger partial charge is 0.462 e. The maximum atomic E-state index is 11.9. The highest BCUT2D eigenvalue weighted by atomic mass is 16.5. The van der Waals surface area contributed by atoms with Crippen LogP contribution in [0.2, 0.25) is 0 Å². The molecule has 1 heterocycles. The van der Waals surface area contributed by atoms with Gasteiger partial charge in [-0.2, -0.15) is 0 Å². The fourth-order valence-electron chi connectivity index (χ4n) is 1.71. The molecule has 0 aromatic carbocycles. The Morgan fingerprint density at radius 3 is 2.89 bits per heavy atom. The molecule has 0 spiro atoms. The zero-order valence-corrected chi connectivity index (χ0v) is 11.7. The van der Waals surface area contributed by atoms with Crippen molar-refractivity contribution in [2.75, 3.05) is 44.5 Å². The fourth-order valence-corrected chi connectivity index (χ4v) is 1.71. The molecular weight excluding hydrogens is 246 g/mol. The second-order valence-electron chi connectivity index (χ2n) is 4.11. The maximum absolute atomic E-state index is 11.9. The van der Waals surface area contributed by atoms with Crippen molar-refractivity contribution in [3.05, 3.63) is 17.8 Å². The number of rotatable bonds is 7. The molecule has 0 aliphatic carbocycles. The van der Waals surface area contributed by atoms with Gasteiger partial charge in [0, 0.05) is 27.3 Å². The standard InChI is InChI=1S/C13H21N3O3/c1-4-19-13(17)10-8-12(14)15-9-11(10)16(2)6-5-7-18-3/h8-9H,4-7H2,1-3H3,(H2,14,15). The minimum atomic E-state index is -0.384. The number of ether oxygens (including phenoxy) is 2. The lowest BCUT2D eigenvalue weighted by atomic mass is 10.2. The third-order valence-corrected chi connectivity index (χ3v) is 2.65. The van der Waals surface area contributed by atoms with E-state index in [2.05, 4.69) is 4.98 Å². The number of nitrogens with two attached hydrogens (primary N) is 1. The van der Waals surface area contributed by atoms with Crippen LogP contribution in [-0.2, 0) is 9.47 Å². The summed E-state index contributed by atoms with van der Waals surface area (Å²) >= 11 is 0. The number of nitrogen functional groups attached to an aromatic ring is 1. The summed E-state index contributed by atoms with van der Waals surface area (Å²) in [6, 6.07) is 1.54. The highest BCUT2D eigenvalue weighted by Gasteiger charge is 2.16. The highest BCUT2D eigenvalue weighted by Crippen LogP contribution is 2.21. The molecule has 6 nitrogen and oxygen atoms in total. The lowest BCUT2D eigenvalue weighted by Crippen LogP contribution is -2.23. The number of esters is 1. The molecule has 0 amide bonds. The summed E-state index contributed by atoms with van der Waals surface area (Å²) in [4.78, 5) is 17.9. The summed E-state index contributed by atoms with van der Waals surface area (Å²) in [6.45, 7) is 3.52. The van der Waals surface area contributed by atoms with Crippen LogP contribution in [0.15, 0.2) is 12.3 Å². The molecule has 0 fully saturated rings. The number of pyridine rings is 1. The van der Waals surface area contributed by atoms with Gasteiger partial charge in [0.2, 0.25) is 0 Å². The van der Waals surface area contributed by atoms with Crippen LogP contribution in [0.1, 0.15) is 23.7 Å². The van der Waals surface area contributed by atoms with Crippen molar-refractivity contribution in [1.82, 2.24) is 4.98 Å². The van der Waals surface area contributed by atoms with E-state index in [1.54, 1.807) is 26.3 Å². The van der Waals surface area contributed by atoms with E-state index >= 15 is 0 Å². The predicted molar refractivity (Wildman–Crippen MR) is 74.4 cm³/mol. The Hall–Kier alpha value is -1.82. The molecule has 0 unspecified atom stereocenters. The highest BCUT2D eigenvalue weighted by molar-refractivity contribution is 5.96. The van der Waals surface area contributed by atoms with Crippen molar-refractivity contribution < 1.29 is 14.3 Å². The average molecular weight is 267 g/mol. The van der Waals surface area contributed by atoms with Gasteiger partial charge in [-0.3, -0.25) is 0 Å². The minimum absolute atomic E-state index is 0.303. The van der Waals surface area contributed by atoms with E-state index in [0.717, 1.165) is 13.0 Å². The van der Waals surface area contributed by atoms with E-state index in [9.17, 15) is 4.79 Å². The quantitative estimate of drug-likeness (QED) is 0.593. The first kappa shape index (κ1) is 15.2. The van der Waals surface area contributed by atoms with Gasteiger partial charge in [-0.1, -0.05) is 0 Å². The first-order valence-corrected chi connectivity index (χ1v) is 6.22. The predicted octanol–water partition coefficient (Wildman–Crippen LogP) is 1.31. The summed E-state index contributed by atoms with van der Waals surface area (Å²) in [5.41, 5.74) is 6.78. The average Bonchev–Trinajstić information content (AvgIpc) is 2.39. The first-order valence-electron chi connectivity index (χ1n) is 6.22. The van der Waals surface area contributed by atoms with Crippen molar-refractivity contribution in [2.45, 2.75) is 13.3 Å². The van der Waals surface area contributed by atoms with Crippen LogP contribution in [-0.4, -0.2) is 44.9 Å². The molecule has 6 heteroatoms. The Morgan fingerprint density at radius 2 is 2.26 bits per heavy atom. The van der Waals surface area contributed by atoms with Gasteiger partial charge in [0.25, 0.3) is 0 Å². The third kappa shape index (κ3) is 4.40. The van der Waals surface area contributed by atoms with Crippen LogP contribution in [0.4, 0.5) is 11.5 Å². The summed E-state index contributed by atoms with van der Waals surface area (Å²) in [7, 11) is 3.56. The Kier molecular flexibility index (Phi) is 6.08. The van der Waals surface area contributed by atoms with E-state index in [-0.39, 0.29) is 5.97 Å². The van der Waals surface area contributed by atoms with Gasteiger partial charge in [0.1, 0.15) is 5.82 Å². The maximum Gasteiger partial charge on any atom is 0.340 e. The van der Waals surface area contributed by atoms with E-state index in [0.29, 0.717) is 30.3 Å². The first-order chi connectivity index (χ1) is 9.10. The number of nitrogens with zero attached hydrogens (tertiary/aromatic N) is 2. The van der Waals surface area contributed by atoms with Crippen molar-refractivity contribution in [2.24, 2.45) is 0 Å². The minimum Gasteiger partial charge on any atom is -0.462 e. The number of aromatic nitrogens is 1. The lowest BCUT2D eigenvalue weighted by molar-refractivity contribution is 0.0527. The zero-order valence-electron chi connectivity index (χ0n) is 11.7. The summed E-state index contributed by atoms with van der Waals surface area (Å²) in [5.74, 6) is -0.0812. The molecule has 0 radical (unpaired) electrons. The molecule has 106 valence electrons. The van der Waals surface area contributed by atoms with Crippen LogP contribution in [0.25, 0.3) is 0 Å². The smallest absolute Gasteiger partial charge is 0.340 e. The zero-order chi connectivity index (χ0) is 14.3. The molecule has 0 bridgehead atoms. The van der Waals surface area contributed by atoms with Crippen LogP contribution < -0.4 is 10.6 Å². The SMILES string of the molecule is CCOC(=O)c1cc(N)ncc1N(C)CCCOC. The molecule has 0 aliphatic rings. The van der Waals surface area contributed by atoms with Crippen LogP contribution >= 0.6 is 0 Å². The molecule has 0 atom stereocenters. The molecule has 0 aliphatic heterocycles. The molecular formula is C13H21N3O3. The number of anilines is 2. The van der Waals surface area contributed by atoms with Gasteiger partial charge in [-0.05, 0) is 19.4 Å². The van der Waals surface area contributed by atoms with Crippen molar-refractivity contribution in [3.63, 3.8) is 0 Å². The molecule has 0 saturated heterocycles. The van der Waals surface area contributed by atoms with Crippen molar-refractivity contribution in [3.8, 4) is 0 Å². The van der Waals surface area contributed by atoms with Crippen LogP contribution in [0, 0.1) is 0 Å². The number of hydrogen-bond donors (Lipinski definition) is 1. The van der Waals surface area contributed by atoms with Gasteiger partial charge in [0.05, 0.1) is 24.1 Å². The van der Waals surface area contributed by atoms with Gasteiger partial charge in [-0.25, -0.2) is 9.78 Å². The van der Waals surface area contributed by atoms with Gasteiger partial charge >= 0.3 is 5.97 Å². The second-order valence-corrected chi connectivity index (χ2v) is 4.11. The Balaban J connectivity index is 2.89. The van der Waals surface area contributed by atoms with Gasteiger partial charge in [0.15, 0.2) is 0 Å². The van der Waals surface area contributed by atoms with E-state index in [1.165, 1.54) is 0 Å². The molecule has 1 aromatic rings. The fraction of sp³-hybridized carbons (Fsp3) is 0.538. The van der Waals surface area contributed by atoms with Crippen LogP contribution in [0.5, 0.6) is 0 Å². The van der Waals surface area contributed by atoms with Crippen molar-refractivity contribution in [1.29, 1.82) is 0 Å². The summed E-state index contributed by atoms with van der Waals surface area (Å²) in [6.07, 6.45) is 2.45. The third-order valence-electron chi connectivity index (χ3n) is 2.65. The Labute approximate surface area is 113 Å². The summed E-state index contributed by atoms with van der Waals surface area (Å²) < 4.78 is 10.0. The number of carbonyl (C=O) groups is 1. The number of hydrogen-bond acceptors (Lipinski definition) is 6. The van der Waals surface area contributed by atoms with Gasteiger partial charge in [-0.15, -0.1) is 0 Å². The van der Waals surface area contributed by atoms with Gasteiger partial charge < -0.3 is 20.1 Å². The number of methoxy groups -OCH3 is 1. The van der Waals surface area contributed by atoms with E-state index < -0.39 is 0 Å². The molecule has 0 saturated carbocycles.